The first-order chi connectivity index (χ1) is 11.1. The first kappa shape index (κ1) is 15.1. The van der Waals surface area contributed by atoms with Crippen LogP contribution in [0.1, 0.15) is 0 Å². The monoisotopic (exact) mass is 327 g/mol. The van der Waals surface area contributed by atoms with Crippen LogP contribution in [0.4, 0.5) is 11.4 Å². The molecule has 0 saturated carbocycles. The van der Waals surface area contributed by atoms with E-state index in [0.717, 1.165) is 0 Å². The molecule has 2 amide bonds. The van der Waals surface area contributed by atoms with Crippen molar-refractivity contribution in [3.8, 4) is 0 Å². The fourth-order valence-electron chi connectivity index (χ4n) is 2.32. The predicted molar refractivity (Wildman–Crippen MR) is 85.9 cm³/mol. The van der Waals surface area contributed by atoms with E-state index in [0.29, 0.717) is 16.4 Å². The number of rotatable bonds is 3. The van der Waals surface area contributed by atoms with E-state index < -0.39 is 17.6 Å². The zero-order chi connectivity index (χ0) is 16.4. The Morgan fingerprint density at radius 3 is 2.57 bits per heavy atom. The van der Waals surface area contributed by atoms with E-state index in [2.05, 4.69) is 5.32 Å². The molecule has 2 aromatic rings. The molecular weight excluding hydrogens is 316 g/mol. The Bertz CT molecular complexity index is 802. The molecule has 0 aromatic heterocycles. The normalized spacial score (nSPS) is 14.3. The second-order valence-corrected chi connectivity index (χ2v) is 5.44. The molecule has 3 rings (SSSR count). The van der Waals surface area contributed by atoms with Crippen molar-refractivity contribution in [2.75, 3.05) is 16.8 Å². The van der Waals surface area contributed by atoms with Crippen LogP contribution < -0.4 is 15.3 Å². The molecule has 1 aliphatic heterocycles. The maximum Gasteiger partial charge on any atom is 0.252 e. The lowest BCUT2D eigenvalue weighted by atomic mass is 10.2. The zero-order valence-electron chi connectivity index (χ0n) is 12.0. The van der Waals surface area contributed by atoms with Crippen molar-refractivity contribution >= 4 is 34.8 Å². The summed E-state index contributed by atoms with van der Waals surface area (Å²) in [7, 11) is 0. The summed E-state index contributed by atoms with van der Waals surface area (Å²) < 4.78 is 0. The number of anilines is 2. The number of nitrogens with one attached hydrogen (secondary N) is 1. The topological polar surface area (TPSA) is 72.5 Å². The van der Waals surface area contributed by atoms with E-state index in [-0.39, 0.29) is 12.1 Å². The highest BCUT2D eigenvalue weighted by Gasteiger charge is 2.29. The van der Waals surface area contributed by atoms with Crippen molar-refractivity contribution < 1.29 is 14.7 Å². The largest absolute Gasteiger partial charge is 0.868 e. The first-order valence-corrected chi connectivity index (χ1v) is 7.28. The van der Waals surface area contributed by atoms with E-state index in [1.807, 2.05) is 6.07 Å². The molecule has 23 heavy (non-hydrogen) atoms. The van der Waals surface area contributed by atoms with Crippen molar-refractivity contribution in [1.29, 1.82) is 0 Å². The van der Waals surface area contributed by atoms with Gasteiger partial charge in [-0.25, -0.2) is 0 Å². The van der Waals surface area contributed by atoms with Crippen LogP contribution in [0.15, 0.2) is 65.9 Å². The van der Waals surface area contributed by atoms with E-state index in [4.69, 9.17) is 11.6 Å². The molecule has 1 aliphatic rings. The zero-order valence-corrected chi connectivity index (χ0v) is 12.7. The number of carbonyl (C=O) groups is 2. The van der Waals surface area contributed by atoms with Gasteiger partial charge in [0.15, 0.2) is 0 Å². The van der Waals surface area contributed by atoms with Crippen molar-refractivity contribution in [2.24, 2.45) is 0 Å². The van der Waals surface area contributed by atoms with Crippen LogP contribution in [-0.2, 0) is 9.59 Å². The Hall–Kier alpha value is -2.79. The van der Waals surface area contributed by atoms with E-state index in [1.165, 1.54) is 4.90 Å². The van der Waals surface area contributed by atoms with Gasteiger partial charge in [0.25, 0.3) is 5.91 Å². The molecular formula is C17H12ClN2O3-. The molecule has 5 nitrogen and oxygen atoms in total. The van der Waals surface area contributed by atoms with Gasteiger partial charge in [-0.1, -0.05) is 35.9 Å². The lowest BCUT2D eigenvalue weighted by Crippen LogP contribution is -2.29. The Kier molecular flexibility index (Phi) is 4.04. The summed E-state index contributed by atoms with van der Waals surface area (Å²) in [4.78, 5) is 25.6. The van der Waals surface area contributed by atoms with Gasteiger partial charge in [-0.2, -0.15) is 0 Å². The number of benzene rings is 2. The third kappa shape index (κ3) is 3.05. The van der Waals surface area contributed by atoms with Crippen molar-refractivity contribution in [3.63, 3.8) is 0 Å². The van der Waals surface area contributed by atoms with E-state index in [9.17, 15) is 14.7 Å². The minimum atomic E-state index is -0.784. The van der Waals surface area contributed by atoms with Crippen LogP contribution >= 0.6 is 11.6 Å². The lowest BCUT2D eigenvalue weighted by Gasteiger charge is -2.17. The van der Waals surface area contributed by atoms with Crippen molar-refractivity contribution in [1.82, 2.24) is 0 Å². The standard InChI is InChI=1S/C17H13ClN2O3/c18-11-5-4-6-12(9-11)19-16(22)14-10-20(17(23)15(14)21)13-7-2-1-3-8-13/h1-9,21H,10H2,(H,19,22)/p-1. The quantitative estimate of drug-likeness (QED) is 0.936. The summed E-state index contributed by atoms with van der Waals surface area (Å²) in [6.45, 7) is -0.0475. The molecule has 0 unspecified atom stereocenters. The lowest BCUT2D eigenvalue weighted by molar-refractivity contribution is -0.298. The van der Waals surface area contributed by atoms with Crippen LogP contribution in [0.5, 0.6) is 0 Å². The predicted octanol–water partition coefficient (Wildman–Crippen LogP) is 1.94. The minimum absolute atomic E-state index is 0.0475. The summed E-state index contributed by atoms with van der Waals surface area (Å²) in [6, 6.07) is 15.3. The molecule has 6 heteroatoms. The van der Waals surface area contributed by atoms with Crippen LogP contribution in [0.3, 0.4) is 0 Å². The molecule has 0 spiro atoms. The SMILES string of the molecule is O=C(Nc1cccc(Cl)c1)C1=C([O-])C(=O)N(c2ccccc2)C1. The fourth-order valence-corrected chi connectivity index (χ4v) is 2.51. The highest BCUT2D eigenvalue weighted by molar-refractivity contribution is 6.31. The van der Waals surface area contributed by atoms with Gasteiger partial charge in [-0.3, -0.25) is 9.59 Å². The minimum Gasteiger partial charge on any atom is -0.868 e. The van der Waals surface area contributed by atoms with Gasteiger partial charge >= 0.3 is 0 Å². The summed E-state index contributed by atoms with van der Waals surface area (Å²) >= 11 is 5.86. The van der Waals surface area contributed by atoms with Gasteiger partial charge in [0.05, 0.1) is 6.54 Å². The molecule has 1 heterocycles. The summed E-state index contributed by atoms with van der Waals surface area (Å²) in [5.74, 6) is -2.08. The van der Waals surface area contributed by atoms with Gasteiger partial charge in [0.1, 0.15) is 0 Å². The third-order valence-electron chi connectivity index (χ3n) is 3.45. The number of nitrogens with zero attached hydrogens (tertiary/aromatic N) is 1. The highest BCUT2D eigenvalue weighted by Crippen LogP contribution is 2.24. The summed E-state index contributed by atoms with van der Waals surface area (Å²) in [6.07, 6.45) is 0. The average Bonchev–Trinajstić information content (AvgIpc) is 2.84. The second kappa shape index (κ2) is 6.14. The number of halogens is 1. The Labute approximate surface area is 137 Å². The smallest absolute Gasteiger partial charge is 0.252 e. The van der Waals surface area contributed by atoms with Crippen molar-refractivity contribution in [3.05, 3.63) is 71.0 Å². The average molecular weight is 328 g/mol. The van der Waals surface area contributed by atoms with E-state index >= 15 is 0 Å². The number of amides is 2. The Balaban J connectivity index is 1.80. The molecule has 116 valence electrons. The Morgan fingerprint density at radius 1 is 1.13 bits per heavy atom. The maximum atomic E-state index is 12.3. The summed E-state index contributed by atoms with van der Waals surface area (Å²) in [5.41, 5.74) is 0.962. The Morgan fingerprint density at radius 2 is 1.87 bits per heavy atom. The molecule has 0 fully saturated rings. The van der Waals surface area contributed by atoms with Gasteiger partial charge in [0.2, 0.25) is 5.91 Å². The van der Waals surface area contributed by atoms with Crippen LogP contribution in [0, 0.1) is 0 Å². The summed E-state index contributed by atoms with van der Waals surface area (Å²) in [5, 5.41) is 15.1. The van der Waals surface area contributed by atoms with Crippen LogP contribution in [0.2, 0.25) is 5.02 Å². The van der Waals surface area contributed by atoms with Gasteiger partial charge < -0.3 is 15.3 Å². The molecule has 0 saturated heterocycles. The maximum absolute atomic E-state index is 12.3. The number of para-hydroxylation sites is 1. The number of hydrogen-bond donors (Lipinski definition) is 1. The molecule has 1 N–H and O–H groups in total. The molecule has 0 aliphatic carbocycles. The molecule has 0 atom stereocenters. The van der Waals surface area contributed by atoms with Gasteiger partial charge in [-0.15, -0.1) is 0 Å². The van der Waals surface area contributed by atoms with Gasteiger partial charge in [-0.05, 0) is 36.1 Å². The molecule has 2 aromatic carbocycles. The van der Waals surface area contributed by atoms with E-state index in [1.54, 1.807) is 48.5 Å². The fraction of sp³-hybridized carbons (Fsp3) is 0.0588. The van der Waals surface area contributed by atoms with Crippen LogP contribution in [0.25, 0.3) is 0 Å². The number of carbonyl (C=O) groups excluding carboxylic acids is 2. The van der Waals surface area contributed by atoms with Crippen LogP contribution in [-0.4, -0.2) is 18.4 Å². The van der Waals surface area contributed by atoms with Gasteiger partial charge in [0, 0.05) is 22.0 Å². The molecule has 0 radical (unpaired) electrons. The highest BCUT2D eigenvalue weighted by atomic mass is 35.5. The second-order valence-electron chi connectivity index (χ2n) is 5.00. The number of hydrogen-bond acceptors (Lipinski definition) is 3. The molecule has 0 bridgehead atoms. The first-order valence-electron chi connectivity index (χ1n) is 6.90. The third-order valence-corrected chi connectivity index (χ3v) is 3.69. The van der Waals surface area contributed by atoms with Crippen molar-refractivity contribution in [2.45, 2.75) is 0 Å².